The van der Waals surface area contributed by atoms with Crippen molar-refractivity contribution >= 4 is 34.6 Å². The van der Waals surface area contributed by atoms with Crippen molar-refractivity contribution in [2.24, 2.45) is 5.92 Å². The van der Waals surface area contributed by atoms with Gasteiger partial charge in [-0.3, -0.25) is 4.79 Å². The summed E-state index contributed by atoms with van der Waals surface area (Å²) in [5, 5.41) is 6.96. The van der Waals surface area contributed by atoms with Gasteiger partial charge >= 0.3 is 5.97 Å². The van der Waals surface area contributed by atoms with E-state index in [9.17, 15) is 4.79 Å². The van der Waals surface area contributed by atoms with Crippen LogP contribution in [-0.2, 0) is 9.53 Å². The van der Waals surface area contributed by atoms with E-state index in [1.807, 2.05) is 23.9 Å². The number of hydrogen-bond acceptors (Lipinski definition) is 8. The van der Waals surface area contributed by atoms with Crippen LogP contribution in [0.2, 0.25) is 0 Å². The van der Waals surface area contributed by atoms with Crippen LogP contribution in [0.25, 0.3) is 21.8 Å². The van der Waals surface area contributed by atoms with Gasteiger partial charge in [0.05, 0.1) is 12.5 Å². The maximum absolute atomic E-state index is 12.1. The van der Waals surface area contributed by atoms with E-state index >= 15 is 0 Å². The fraction of sp³-hybridized carbons (Fsp3) is 0.368. The molecule has 1 unspecified atom stereocenters. The first-order chi connectivity index (χ1) is 13.3. The van der Waals surface area contributed by atoms with Crippen molar-refractivity contribution in [3.05, 3.63) is 34.6 Å². The van der Waals surface area contributed by atoms with Gasteiger partial charge in [-0.1, -0.05) is 0 Å². The van der Waals surface area contributed by atoms with E-state index in [0.29, 0.717) is 19.1 Å². The van der Waals surface area contributed by atoms with Crippen molar-refractivity contribution < 1.29 is 9.53 Å². The highest BCUT2D eigenvalue weighted by Crippen LogP contribution is 2.34. The van der Waals surface area contributed by atoms with Gasteiger partial charge in [-0.25, -0.2) is 15.0 Å². The zero-order valence-electron chi connectivity index (χ0n) is 15.0. The Labute approximate surface area is 165 Å². The summed E-state index contributed by atoms with van der Waals surface area (Å²) in [6.45, 7) is 3.68. The van der Waals surface area contributed by atoms with Crippen molar-refractivity contribution in [2.75, 3.05) is 24.6 Å². The van der Waals surface area contributed by atoms with Gasteiger partial charge in [0.2, 0.25) is 5.95 Å². The van der Waals surface area contributed by atoms with Crippen molar-refractivity contribution in [3.63, 3.8) is 0 Å². The molecule has 0 aliphatic carbocycles. The number of aromatic nitrogens is 3. The average Bonchev–Trinajstić information content (AvgIpc) is 3.42. The van der Waals surface area contributed by atoms with Gasteiger partial charge < -0.3 is 9.64 Å². The highest BCUT2D eigenvalue weighted by Gasteiger charge is 2.28. The molecule has 0 N–H and O–H groups in total. The molecule has 1 fully saturated rings. The molecule has 0 spiro atoms. The summed E-state index contributed by atoms with van der Waals surface area (Å²) >= 11 is 3.21. The fourth-order valence-electron chi connectivity index (χ4n) is 3.27. The predicted molar refractivity (Wildman–Crippen MR) is 108 cm³/mol. The number of piperidine rings is 1. The number of hydrogen-bond donors (Lipinski definition) is 0. The first kappa shape index (κ1) is 18.1. The number of rotatable bonds is 5. The number of carbonyl (C=O) groups is 1. The molecule has 0 amide bonds. The van der Waals surface area contributed by atoms with Crippen LogP contribution in [0.5, 0.6) is 0 Å². The molecule has 4 rings (SSSR count). The Morgan fingerprint density at radius 1 is 1.37 bits per heavy atom. The average molecular weight is 401 g/mol. The second kappa shape index (κ2) is 8.14. The van der Waals surface area contributed by atoms with Crippen LogP contribution in [0, 0.1) is 5.92 Å². The van der Waals surface area contributed by atoms with E-state index in [2.05, 4.69) is 26.3 Å². The second-order valence-corrected chi connectivity index (χ2v) is 7.99. The lowest BCUT2D eigenvalue weighted by molar-refractivity contribution is -0.148. The molecule has 0 radical (unpaired) electrons. The van der Waals surface area contributed by atoms with Gasteiger partial charge in [0, 0.05) is 36.4 Å². The molecule has 0 aromatic carbocycles. The number of ether oxygens (including phenoxy) is 1. The van der Waals surface area contributed by atoms with Gasteiger partial charge in [-0.05, 0) is 42.2 Å². The molecule has 27 heavy (non-hydrogen) atoms. The number of thiophene rings is 1. The fourth-order valence-corrected chi connectivity index (χ4v) is 4.56. The lowest BCUT2D eigenvalue weighted by atomic mass is 9.98. The maximum Gasteiger partial charge on any atom is 0.310 e. The second-order valence-electron chi connectivity index (χ2n) is 6.32. The molecule has 1 atom stereocenters. The van der Waals surface area contributed by atoms with Gasteiger partial charge in [-0.15, -0.1) is 11.3 Å². The van der Waals surface area contributed by atoms with E-state index in [-0.39, 0.29) is 11.9 Å². The Balaban J connectivity index is 1.66. The Bertz CT molecular complexity index is 897. The largest absolute Gasteiger partial charge is 0.466 e. The Hall–Kier alpha value is -2.32. The van der Waals surface area contributed by atoms with E-state index in [1.54, 1.807) is 28.9 Å². The third-order valence-corrected chi connectivity index (χ3v) is 6.03. The van der Waals surface area contributed by atoms with Crippen LogP contribution in [0.1, 0.15) is 19.8 Å². The highest BCUT2D eigenvalue weighted by atomic mass is 32.1. The van der Waals surface area contributed by atoms with Crippen LogP contribution < -0.4 is 4.90 Å². The van der Waals surface area contributed by atoms with Crippen molar-refractivity contribution in [3.8, 4) is 21.8 Å². The molecular weight excluding hydrogens is 380 g/mol. The molecule has 8 heteroatoms. The van der Waals surface area contributed by atoms with E-state index < -0.39 is 0 Å². The Morgan fingerprint density at radius 3 is 3.04 bits per heavy atom. The minimum Gasteiger partial charge on any atom is -0.466 e. The molecule has 6 nitrogen and oxygen atoms in total. The number of carbonyl (C=O) groups excluding carboxylic acids is 1. The van der Waals surface area contributed by atoms with Gasteiger partial charge in [0.15, 0.2) is 0 Å². The summed E-state index contributed by atoms with van der Waals surface area (Å²) in [5.41, 5.74) is 2.92. The lowest BCUT2D eigenvalue weighted by Gasteiger charge is -2.31. The number of esters is 1. The Kier molecular flexibility index (Phi) is 5.45. The molecule has 0 saturated carbocycles. The van der Waals surface area contributed by atoms with Crippen molar-refractivity contribution in [2.45, 2.75) is 19.8 Å². The smallest absolute Gasteiger partial charge is 0.310 e. The minimum absolute atomic E-state index is 0.123. The topological polar surface area (TPSA) is 68.2 Å². The Morgan fingerprint density at radius 2 is 2.30 bits per heavy atom. The van der Waals surface area contributed by atoms with Gasteiger partial charge in [0.1, 0.15) is 10.7 Å². The molecule has 1 saturated heterocycles. The molecule has 3 aromatic heterocycles. The molecule has 1 aliphatic heterocycles. The first-order valence-corrected chi connectivity index (χ1v) is 10.8. The monoisotopic (exact) mass is 400 g/mol. The van der Waals surface area contributed by atoms with Crippen molar-refractivity contribution in [1.82, 2.24) is 15.0 Å². The summed E-state index contributed by atoms with van der Waals surface area (Å²) in [7, 11) is 0. The zero-order valence-corrected chi connectivity index (χ0v) is 16.6. The molecule has 3 aromatic rings. The zero-order chi connectivity index (χ0) is 18.6. The summed E-state index contributed by atoms with van der Waals surface area (Å²) in [6, 6.07) is 2.07. The normalized spacial score (nSPS) is 17.1. The number of anilines is 1. The van der Waals surface area contributed by atoms with E-state index in [1.165, 1.54) is 0 Å². The lowest BCUT2D eigenvalue weighted by Crippen LogP contribution is -2.40. The predicted octanol–water partition coefficient (Wildman–Crippen LogP) is 4.11. The highest BCUT2D eigenvalue weighted by molar-refractivity contribution is 7.13. The van der Waals surface area contributed by atoms with Gasteiger partial charge in [-0.2, -0.15) is 11.3 Å². The summed E-state index contributed by atoms with van der Waals surface area (Å²) in [6.07, 6.45) is 5.43. The third-order valence-electron chi connectivity index (χ3n) is 4.57. The molecule has 0 bridgehead atoms. The quantitative estimate of drug-likeness (QED) is 0.601. The standard InChI is InChI=1S/C19H20N4O2S2/c1-2-25-18(24)13-4-3-7-23(11-13)19-21-10-15(14-5-8-26-12-14)16(22-19)17-20-6-9-27-17/h5-6,8-10,12-13H,2-4,7,11H2,1H3. The van der Waals surface area contributed by atoms with Gasteiger partial charge in [0.25, 0.3) is 0 Å². The minimum atomic E-state index is -0.128. The molecular formula is C19H20N4O2S2. The van der Waals surface area contributed by atoms with Crippen LogP contribution in [-0.4, -0.2) is 40.6 Å². The first-order valence-electron chi connectivity index (χ1n) is 8.97. The number of nitrogens with zero attached hydrogens (tertiary/aromatic N) is 4. The SMILES string of the molecule is CCOC(=O)C1CCCN(c2ncc(-c3ccsc3)c(-c3nccs3)n2)C1. The summed E-state index contributed by atoms with van der Waals surface area (Å²) < 4.78 is 5.20. The van der Waals surface area contributed by atoms with Crippen LogP contribution in [0.15, 0.2) is 34.6 Å². The number of thiazole rings is 1. The van der Waals surface area contributed by atoms with E-state index in [0.717, 1.165) is 41.2 Å². The third kappa shape index (κ3) is 3.86. The maximum atomic E-state index is 12.1. The molecule has 140 valence electrons. The molecule has 4 heterocycles. The summed E-state index contributed by atoms with van der Waals surface area (Å²) in [5.74, 6) is 0.396. The van der Waals surface area contributed by atoms with Crippen molar-refractivity contribution in [1.29, 1.82) is 0 Å². The van der Waals surface area contributed by atoms with Crippen LogP contribution in [0.3, 0.4) is 0 Å². The van der Waals surface area contributed by atoms with Crippen LogP contribution >= 0.6 is 22.7 Å². The molecule has 1 aliphatic rings. The van der Waals surface area contributed by atoms with E-state index in [4.69, 9.17) is 9.72 Å². The summed E-state index contributed by atoms with van der Waals surface area (Å²) in [4.78, 5) is 28.1. The van der Waals surface area contributed by atoms with Crippen LogP contribution in [0.4, 0.5) is 5.95 Å².